The third-order valence-corrected chi connectivity index (χ3v) is 8.80. The molecular weight excluding hydrogens is 600 g/mol. The van der Waals surface area contributed by atoms with Crippen LogP contribution >= 0.6 is 0 Å². The van der Waals surface area contributed by atoms with Gasteiger partial charge in [0.2, 0.25) is 5.91 Å². The van der Waals surface area contributed by atoms with Gasteiger partial charge < -0.3 is 25.2 Å². The van der Waals surface area contributed by atoms with E-state index in [-0.39, 0.29) is 47.6 Å². The predicted octanol–water partition coefficient (Wildman–Crippen LogP) is 4.32. The monoisotopic (exact) mass is 628 g/mol. The minimum absolute atomic E-state index is 0.00246. The number of carboxylic acid groups (broad SMARTS) is 1. The van der Waals surface area contributed by atoms with Crippen molar-refractivity contribution in [3.8, 4) is 11.5 Å². The number of alkyl halides is 3. The van der Waals surface area contributed by atoms with Gasteiger partial charge >= 0.3 is 11.5 Å². The van der Waals surface area contributed by atoms with E-state index in [9.17, 15) is 40.4 Å². The Morgan fingerprint density at radius 1 is 1.05 bits per heavy atom. The molecule has 43 heavy (non-hydrogen) atoms. The Morgan fingerprint density at radius 2 is 1.77 bits per heavy atom. The number of sulfone groups is 1. The Morgan fingerprint density at radius 3 is 2.44 bits per heavy atom. The molecule has 0 saturated heterocycles. The van der Waals surface area contributed by atoms with Gasteiger partial charge in [0.1, 0.15) is 5.75 Å². The Labute approximate surface area is 244 Å². The number of halogens is 4. The molecule has 0 radical (unpaired) electrons. The molecule has 4 atom stereocenters. The second-order valence-corrected chi connectivity index (χ2v) is 12.1. The number of carboxylic acids is 1. The summed E-state index contributed by atoms with van der Waals surface area (Å²) in [6, 6.07) is 5.16. The van der Waals surface area contributed by atoms with Crippen LogP contribution in [0.25, 0.3) is 0 Å². The molecule has 232 valence electrons. The maximum atomic E-state index is 14.6. The molecule has 2 bridgehead atoms. The molecule has 3 N–H and O–H groups in total. The number of nitrogens with one attached hydrogen (secondary N) is 2. The Kier molecular flexibility index (Phi) is 9.32. The zero-order valence-corrected chi connectivity index (χ0v) is 23.5. The van der Waals surface area contributed by atoms with Gasteiger partial charge in [0.05, 0.1) is 30.1 Å². The first-order valence-electron chi connectivity index (χ1n) is 13.2. The summed E-state index contributed by atoms with van der Waals surface area (Å²) in [5.74, 6) is -4.88. The molecule has 1 fully saturated rings. The lowest BCUT2D eigenvalue weighted by molar-refractivity contribution is -0.137. The molecule has 2 aromatic rings. The molecule has 0 heterocycles. The van der Waals surface area contributed by atoms with Crippen LogP contribution in [-0.2, 0) is 19.4 Å². The maximum absolute atomic E-state index is 14.6. The highest BCUT2D eigenvalue weighted by Gasteiger charge is 2.49. The molecule has 10 nitrogen and oxygen atoms in total. The maximum Gasteiger partial charge on any atom is 0.501 e. The van der Waals surface area contributed by atoms with E-state index < -0.39 is 55.8 Å². The van der Waals surface area contributed by atoms with Crippen molar-refractivity contribution in [1.29, 1.82) is 0 Å². The summed E-state index contributed by atoms with van der Waals surface area (Å²) in [5.41, 5.74) is -5.77. The minimum Gasteiger partial charge on any atom is -0.496 e. The zero-order chi connectivity index (χ0) is 31.5. The highest BCUT2D eigenvalue weighted by Crippen LogP contribution is 2.44. The number of ether oxygens (including phenoxy) is 2. The topological polar surface area (TPSA) is 148 Å². The fourth-order valence-electron chi connectivity index (χ4n) is 5.26. The molecule has 4 rings (SSSR count). The lowest BCUT2D eigenvalue weighted by Crippen LogP contribution is -2.47. The fourth-order valence-corrected chi connectivity index (χ4v) is 6.07. The summed E-state index contributed by atoms with van der Waals surface area (Å²) < 4.78 is 87.8. The van der Waals surface area contributed by atoms with Crippen molar-refractivity contribution in [2.75, 3.05) is 19.0 Å². The van der Waals surface area contributed by atoms with E-state index in [2.05, 4.69) is 10.6 Å². The van der Waals surface area contributed by atoms with Crippen molar-refractivity contribution in [2.45, 2.75) is 42.1 Å². The number of rotatable bonds is 12. The van der Waals surface area contributed by atoms with Crippen molar-refractivity contribution in [3.63, 3.8) is 0 Å². The Balaban J connectivity index is 1.50. The molecule has 2 aliphatic rings. The van der Waals surface area contributed by atoms with Gasteiger partial charge in [-0.05, 0) is 55.4 Å². The van der Waals surface area contributed by atoms with Crippen LogP contribution in [0.4, 0.5) is 23.2 Å². The van der Waals surface area contributed by atoms with Gasteiger partial charge in [-0.25, -0.2) is 12.8 Å². The quantitative estimate of drug-likeness (QED) is 0.179. The smallest absolute Gasteiger partial charge is 0.496 e. The number of benzene rings is 2. The largest absolute Gasteiger partial charge is 0.501 e. The molecule has 0 aromatic heterocycles. The lowest BCUT2D eigenvalue weighted by atomic mass is 9.87. The molecule has 2 amide bonds. The standard InChI is InChI=1S/C28H28F4N2O8S/c1-41-21-14-20(29)22(42-10-3-2-7-23(35)36)13-19(21)26(37)34-25-16-9-8-15(11-16)24(25)27(38)33-17-5-4-6-18(12-17)43(39,40)28(30,31)32/h4-6,8-9,12-16,24-25H,2-3,7,10-11H2,1H3,(H,33,38)(H,34,37)(H,35,36). The third kappa shape index (κ3) is 6.92. The van der Waals surface area contributed by atoms with E-state index in [4.69, 9.17) is 14.6 Å². The van der Waals surface area contributed by atoms with Crippen LogP contribution in [0.1, 0.15) is 36.0 Å². The van der Waals surface area contributed by atoms with Crippen LogP contribution in [0.5, 0.6) is 11.5 Å². The number of fused-ring (bicyclic) bond motifs is 2. The third-order valence-electron chi connectivity index (χ3n) is 7.32. The molecular formula is C28H28F4N2O8S. The number of methoxy groups -OCH3 is 1. The van der Waals surface area contributed by atoms with Crippen LogP contribution in [0.3, 0.4) is 0 Å². The average molecular weight is 629 g/mol. The second-order valence-electron chi connectivity index (χ2n) is 10.1. The summed E-state index contributed by atoms with van der Waals surface area (Å²) in [7, 11) is -4.40. The van der Waals surface area contributed by atoms with Crippen LogP contribution < -0.4 is 20.1 Å². The highest BCUT2D eigenvalue weighted by atomic mass is 32.2. The molecule has 2 aromatic carbocycles. The van der Waals surface area contributed by atoms with Gasteiger partial charge in [-0.3, -0.25) is 14.4 Å². The molecule has 0 aliphatic heterocycles. The van der Waals surface area contributed by atoms with E-state index in [0.29, 0.717) is 25.3 Å². The second kappa shape index (κ2) is 12.6. The van der Waals surface area contributed by atoms with Gasteiger partial charge in [0.15, 0.2) is 11.6 Å². The first-order chi connectivity index (χ1) is 20.2. The number of carbonyl (C=O) groups excluding carboxylic acids is 2. The van der Waals surface area contributed by atoms with Crippen LogP contribution in [0.2, 0.25) is 0 Å². The first kappa shape index (κ1) is 31.8. The normalized spacial score (nSPS) is 21.0. The number of anilines is 1. The SMILES string of the molecule is COc1cc(F)c(OCCCCC(=O)O)cc1C(=O)NC1C2C=CC(C2)C1C(=O)Nc1cccc(S(=O)(=O)C(F)(F)F)c1. The van der Waals surface area contributed by atoms with E-state index in [1.807, 2.05) is 6.08 Å². The van der Waals surface area contributed by atoms with E-state index in [1.54, 1.807) is 6.08 Å². The summed E-state index contributed by atoms with van der Waals surface area (Å²) in [6.07, 6.45) is 4.72. The molecule has 1 saturated carbocycles. The summed E-state index contributed by atoms with van der Waals surface area (Å²) in [5, 5.41) is 14.0. The minimum atomic E-state index is -5.64. The fraction of sp³-hybridized carbons (Fsp3) is 0.393. The Bertz CT molecular complexity index is 1540. The number of carbonyl (C=O) groups is 3. The van der Waals surface area contributed by atoms with E-state index in [1.165, 1.54) is 13.2 Å². The summed E-state index contributed by atoms with van der Waals surface area (Å²) in [6.45, 7) is 0.00246. The van der Waals surface area contributed by atoms with Gasteiger partial charge in [-0.1, -0.05) is 18.2 Å². The first-order valence-corrected chi connectivity index (χ1v) is 14.6. The zero-order valence-electron chi connectivity index (χ0n) is 22.7. The van der Waals surface area contributed by atoms with E-state index in [0.717, 1.165) is 24.3 Å². The van der Waals surface area contributed by atoms with Crippen molar-refractivity contribution in [2.24, 2.45) is 17.8 Å². The van der Waals surface area contributed by atoms with Crippen molar-refractivity contribution in [1.82, 2.24) is 5.32 Å². The highest BCUT2D eigenvalue weighted by molar-refractivity contribution is 7.92. The average Bonchev–Trinajstić information content (AvgIpc) is 3.54. The molecule has 0 spiro atoms. The number of aliphatic carboxylic acids is 1. The lowest BCUT2D eigenvalue weighted by Gasteiger charge is -2.28. The van der Waals surface area contributed by atoms with Crippen LogP contribution in [0, 0.1) is 23.6 Å². The van der Waals surface area contributed by atoms with Gasteiger partial charge in [0, 0.05) is 24.2 Å². The van der Waals surface area contributed by atoms with Crippen molar-refractivity contribution < 1.29 is 54.9 Å². The summed E-state index contributed by atoms with van der Waals surface area (Å²) >= 11 is 0. The number of unbranched alkanes of at least 4 members (excludes halogenated alkanes) is 1. The van der Waals surface area contributed by atoms with Crippen LogP contribution in [-0.4, -0.2) is 56.6 Å². The number of amides is 2. The van der Waals surface area contributed by atoms with Crippen LogP contribution in [0.15, 0.2) is 53.4 Å². The van der Waals surface area contributed by atoms with Gasteiger partial charge in [0.25, 0.3) is 15.7 Å². The van der Waals surface area contributed by atoms with E-state index >= 15 is 0 Å². The Hall–Kier alpha value is -4.14. The van der Waals surface area contributed by atoms with Gasteiger partial charge in [-0.2, -0.15) is 13.2 Å². The summed E-state index contributed by atoms with van der Waals surface area (Å²) in [4.78, 5) is 36.3. The molecule has 4 unspecified atom stereocenters. The van der Waals surface area contributed by atoms with Crippen molar-refractivity contribution >= 4 is 33.3 Å². The number of hydrogen-bond donors (Lipinski definition) is 3. The number of allylic oxidation sites excluding steroid dienone is 1. The predicted molar refractivity (Wildman–Crippen MR) is 144 cm³/mol. The van der Waals surface area contributed by atoms with Gasteiger partial charge in [-0.15, -0.1) is 0 Å². The van der Waals surface area contributed by atoms with Crippen molar-refractivity contribution in [3.05, 3.63) is 59.9 Å². The molecule has 2 aliphatic carbocycles. The number of hydrogen-bond acceptors (Lipinski definition) is 7. The molecule has 15 heteroatoms.